The van der Waals surface area contributed by atoms with E-state index in [0.717, 1.165) is 12.8 Å². The Kier molecular flexibility index (Phi) is 6.20. The first-order valence-corrected chi connectivity index (χ1v) is 7.45. The molecule has 1 rings (SSSR count). The molecule has 126 valence electrons. The van der Waals surface area contributed by atoms with Crippen molar-refractivity contribution in [1.82, 2.24) is 10.2 Å². The van der Waals surface area contributed by atoms with E-state index in [4.69, 9.17) is 4.74 Å². The Bertz CT molecular complexity index is 430. The fourth-order valence-corrected chi connectivity index (χ4v) is 2.51. The van der Waals surface area contributed by atoms with Gasteiger partial charge in [0.05, 0.1) is 13.0 Å². The minimum Gasteiger partial charge on any atom is -0.468 e. The van der Waals surface area contributed by atoms with Crippen LogP contribution in [0.1, 0.15) is 40.0 Å². The number of hydrogen-bond donors (Lipinski definition) is 1. The largest absolute Gasteiger partial charge is 0.468 e. The fraction of sp³-hybridized carbons (Fsp3) is 0.800. The number of ether oxygens (including phenoxy) is 2. The molecule has 22 heavy (non-hydrogen) atoms. The van der Waals surface area contributed by atoms with Crippen LogP contribution < -0.4 is 5.32 Å². The van der Waals surface area contributed by atoms with Crippen molar-refractivity contribution in [3.63, 3.8) is 0 Å². The summed E-state index contributed by atoms with van der Waals surface area (Å²) in [4.78, 5) is 36.8. The molecule has 1 aliphatic rings. The molecular formula is C15H26N2O5. The van der Waals surface area contributed by atoms with Crippen LogP contribution in [-0.2, 0) is 19.1 Å². The van der Waals surface area contributed by atoms with E-state index in [2.05, 4.69) is 10.1 Å². The summed E-state index contributed by atoms with van der Waals surface area (Å²) in [5.41, 5.74) is -0.579. The number of nitrogens with one attached hydrogen (secondary N) is 1. The molecule has 1 aliphatic carbocycles. The second kappa shape index (κ2) is 7.47. The predicted octanol–water partition coefficient (Wildman–Crippen LogP) is 1.31. The number of alkyl carbamates (subject to hydrolysis) is 1. The van der Waals surface area contributed by atoms with Crippen molar-refractivity contribution < 1.29 is 23.9 Å². The van der Waals surface area contributed by atoms with Gasteiger partial charge in [-0.05, 0) is 33.6 Å². The Hall–Kier alpha value is -1.79. The minimum atomic E-state index is -0.579. The first-order chi connectivity index (χ1) is 10.1. The highest BCUT2D eigenvalue weighted by Crippen LogP contribution is 2.27. The third-order valence-corrected chi connectivity index (χ3v) is 3.51. The number of carbonyl (C=O) groups is 3. The standard InChI is InChI=1S/C15H26N2O5/c1-15(2,3)22-14(20)16-11-8-6-7-10(11)13(19)17(4)9-12(18)21-5/h10-11H,6-9H2,1-5H3,(H,16,20)/t10-,11+/m0/s1. The molecule has 0 aromatic carbocycles. The number of nitrogens with zero attached hydrogens (tertiary/aromatic N) is 1. The Labute approximate surface area is 131 Å². The van der Waals surface area contributed by atoms with Crippen LogP contribution in [0.5, 0.6) is 0 Å². The van der Waals surface area contributed by atoms with E-state index in [1.54, 1.807) is 27.8 Å². The number of carbonyl (C=O) groups excluding carboxylic acids is 3. The van der Waals surface area contributed by atoms with E-state index in [0.29, 0.717) is 6.42 Å². The van der Waals surface area contributed by atoms with Crippen LogP contribution in [0.15, 0.2) is 0 Å². The summed E-state index contributed by atoms with van der Waals surface area (Å²) >= 11 is 0. The van der Waals surface area contributed by atoms with Crippen molar-refractivity contribution in [3.8, 4) is 0 Å². The van der Waals surface area contributed by atoms with E-state index < -0.39 is 17.7 Å². The molecule has 1 N–H and O–H groups in total. The molecule has 0 spiro atoms. The normalized spacial score (nSPS) is 21.1. The number of rotatable bonds is 4. The summed E-state index contributed by atoms with van der Waals surface area (Å²) in [6.07, 6.45) is 1.74. The number of amides is 2. The smallest absolute Gasteiger partial charge is 0.407 e. The van der Waals surface area contributed by atoms with Crippen molar-refractivity contribution in [3.05, 3.63) is 0 Å². The van der Waals surface area contributed by atoms with Gasteiger partial charge in [-0.25, -0.2) is 4.79 Å². The lowest BCUT2D eigenvalue weighted by atomic mass is 10.0. The first-order valence-electron chi connectivity index (χ1n) is 7.45. The quantitative estimate of drug-likeness (QED) is 0.791. The van der Waals surface area contributed by atoms with Gasteiger partial charge in [0.15, 0.2) is 0 Å². The fourth-order valence-electron chi connectivity index (χ4n) is 2.51. The number of likely N-dealkylation sites (N-methyl/N-ethyl adjacent to an activating group) is 1. The van der Waals surface area contributed by atoms with E-state index in [9.17, 15) is 14.4 Å². The maximum atomic E-state index is 12.4. The van der Waals surface area contributed by atoms with Crippen LogP contribution in [0.2, 0.25) is 0 Å². The highest BCUT2D eigenvalue weighted by molar-refractivity contribution is 5.84. The highest BCUT2D eigenvalue weighted by Gasteiger charge is 2.36. The van der Waals surface area contributed by atoms with Crippen LogP contribution in [0.3, 0.4) is 0 Å². The Morgan fingerprint density at radius 1 is 1.23 bits per heavy atom. The van der Waals surface area contributed by atoms with Gasteiger partial charge in [0.1, 0.15) is 12.1 Å². The Morgan fingerprint density at radius 2 is 1.86 bits per heavy atom. The van der Waals surface area contributed by atoms with Crippen molar-refractivity contribution in [2.45, 2.75) is 51.7 Å². The summed E-state index contributed by atoms with van der Waals surface area (Å²) in [7, 11) is 2.84. The SMILES string of the molecule is COC(=O)CN(C)C(=O)[C@H]1CCC[C@H]1NC(=O)OC(C)(C)C. The summed E-state index contributed by atoms with van der Waals surface area (Å²) < 4.78 is 9.78. The molecule has 7 heteroatoms. The molecule has 0 saturated heterocycles. The lowest BCUT2D eigenvalue weighted by Gasteiger charge is -2.26. The third kappa shape index (κ3) is 5.54. The molecule has 0 unspecified atom stereocenters. The molecule has 7 nitrogen and oxygen atoms in total. The van der Waals surface area contributed by atoms with Crippen molar-refractivity contribution in [2.75, 3.05) is 20.7 Å². The van der Waals surface area contributed by atoms with Crippen molar-refractivity contribution in [2.24, 2.45) is 5.92 Å². The van der Waals surface area contributed by atoms with Crippen LogP contribution in [0.25, 0.3) is 0 Å². The molecule has 1 saturated carbocycles. The van der Waals surface area contributed by atoms with E-state index in [1.807, 2.05) is 0 Å². The van der Waals surface area contributed by atoms with E-state index in [-0.39, 0.29) is 24.4 Å². The van der Waals surface area contributed by atoms with Gasteiger partial charge < -0.3 is 19.7 Å². The van der Waals surface area contributed by atoms with Gasteiger partial charge in [-0.2, -0.15) is 0 Å². The first kappa shape index (κ1) is 18.3. The molecule has 2 amide bonds. The average molecular weight is 314 g/mol. The van der Waals surface area contributed by atoms with Crippen LogP contribution in [0, 0.1) is 5.92 Å². The number of esters is 1. The Balaban J connectivity index is 2.60. The second-order valence-corrected chi connectivity index (χ2v) is 6.56. The zero-order chi connectivity index (χ0) is 16.9. The predicted molar refractivity (Wildman–Crippen MR) is 80.2 cm³/mol. The maximum Gasteiger partial charge on any atom is 0.407 e. The lowest BCUT2D eigenvalue weighted by Crippen LogP contribution is -2.46. The summed E-state index contributed by atoms with van der Waals surface area (Å²) in [5, 5.41) is 2.76. The highest BCUT2D eigenvalue weighted by atomic mass is 16.6. The third-order valence-electron chi connectivity index (χ3n) is 3.51. The van der Waals surface area contributed by atoms with Crippen LogP contribution >= 0.6 is 0 Å². The van der Waals surface area contributed by atoms with E-state index in [1.165, 1.54) is 12.0 Å². The van der Waals surface area contributed by atoms with Crippen molar-refractivity contribution >= 4 is 18.0 Å². The minimum absolute atomic E-state index is 0.0923. The molecular weight excluding hydrogens is 288 g/mol. The topological polar surface area (TPSA) is 84.9 Å². The number of hydrogen-bond acceptors (Lipinski definition) is 5. The molecule has 0 radical (unpaired) electrons. The summed E-state index contributed by atoms with van der Waals surface area (Å²) in [6, 6.07) is -0.262. The van der Waals surface area contributed by atoms with Gasteiger partial charge in [-0.1, -0.05) is 6.42 Å². The molecule has 1 fully saturated rings. The number of methoxy groups -OCH3 is 1. The maximum absolute atomic E-state index is 12.4. The molecule has 0 aliphatic heterocycles. The molecule has 0 aromatic heterocycles. The monoisotopic (exact) mass is 314 g/mol. The molecule has 0 heterocycles. The van der Waals surface area contributed by atoms with Gasteiger partial charge in [0.25, 0.3) is 0 Å². The lowest BCUT2D eigenvalue weighted by molar-refractivity contribution is -0.147. The van der Waals surface area contributed by atoms with Crippen LogP contribution in [-0.4, -0.2) is 55.2 Å². The van der Waals surface area contributed by atoms with Gasteiger partial charge in [0, 0.05) is 13.1 Å². The summed E-state index contributed by atoms with van der Waals surface area (Å²) in [6.45, 7) is 5.26. The molecule has 0 aromatic rings. The zero-order valence-electron chi connectivity index (χ0n) is 14.0. The zero-order valence-corrected chi connectivity index (χ0v) is 14.0. The van der Waals surface area contributed by atoms with E-state index >= 15 is 0 Å². The second-order valence-electron chi connectivity index (χ2n) is 6.56. The van der Waals surface area contributed by atoms with Gasteiger partial charge >= 0.3 is 12.1 Å². The van der Waals surface area contributed by atoms with Gasteiger partial charge in [-0.3, -0.25) is 9.59 Å². The van der Waals surface area contributed by atoms with Gasteiger partial charge in [-0.15, -0.1) is 0 Å². The average Bonchev–Trinajstić information content (AvgIpc) is 2.83. The van der Waals surface area contributed by atoms with Gasteiger partial charge in [0.2, 0.25) is 5.91 Å². The molecule has 2 atom stereocenters. The van der Waals surface area contributed by atoms with Crippen LogP contribution in [0.4, 0.5) is 4.79 Å². The molecule has 0 bridgehead atoms. The van der Waals surface area contributed by atoms with Crippen molar-refractivity contribution in [1.29, 1.82) is 0 Å². The summed E-state index contributed by atoms with van der Waals surface area (Å²) in [5.74, 6) is -0.961. The Morgan fingerprint density at radius 3 is 2.41 bits per heavy atom.